The summed E-state index contributed by atoms with van der Waals surface area (Å²) in [5, 5.41) is 11.2. The van der Waals surface area contributed by atoms with Gasteiger partial charge < -0.3 is 24.4 Å². The number of carbonyl (C=O) groups excluding carboxylic acids is 2. The van der Waals surface area contributed by atoms with Gasteiger partial charge in [-0.3, -0.25) is 9.59 Å². The fourth-order valence-electron chi connectivity index (χ4n) is 8.23. The molecule has 3 heterocycles. The van der Waals surface area contributed by atoms with Crippen LogP contribution in [0.1, 0.15) is 65.4 Å². The monoisotopic (exact) mass is 644 g/mol. The van der Waals surface area contributed by atoms with Crippen molar-refractivity contribution in [3.63, 3.8) is 0 Å². The number of para-hydroxylation sites is 1. The lowest BCUT2D eigenvalue weighted by molar-refractivity contribution is -0.149. The molecule has 2 fully saturated rings. The van der Waals surface area contributed by atoms with Crippen LogP contribution >= 0.6 is 0 Å². The van der Waals surface area contributed by atoms with Gasteiger partial charge in [0.15, 0.2) is 5.60 Å². The Morgan fingerprint density at radius 1 is 1.11 bits per heavy atom. The maximum Gasteiger partial charge on any atom is 0.264 e. The summed E-state index contributed by atoms with van der Waals surface area (Å²) in [5.41, 5.74) is 3.17. The average Bonchev–Trinajstić information content (AvgIpc) is 3.70. The van der Waals surface area contributed by atoms with E-state index in [4.69, 9.17) is 9.47 Å². The Hall–Kier alpha value is -3.20. The van der Waals surface area contributed by atoms with E-state index < -0.39 is 19.8 Å². The van der Waals surface area contributed by atoms with Crippen molar-refractivity contribution in [2.75, 3.05) is 31.7 Å². The molecule has 0 aromatic heterocycles. The number of anilines is 1. The van der Waals surface area contributed by atoms with Gasteiger partial charge in [0.05, 0.1) is 46.0 Å². The molecule has 0 unspecified atom stereocenters. The molecule has 1 spiro atoms. The fraction of sp³-hybridized carbons (Fsp3) is 0.526. The van der Waals surface area contributed by atoms with Gasteiger partial charge in [-0.15, -0.1) is 0 Å². The van der Waals surface area contributed by atoms with E-state index in [1.54, 1.807) is 7.11 Å². The average molecular weight is 645 g/mol. The molecule has 248 valence electrons. The van der Waals surface area contributed by atoms with Crippen LogP contribution in [0.2, 0.25) is 18.6 Å². The first-order valence-electron chi connectivity index (χ1n) is 16.9. The maximum absolute atomic E-state index is 14.8. The van der Waals surface area contributed by atoms with Gasteiger partial charge in [0.1, 0.15) is 5.75 Å². The largest absolute Gasteiger partial charge is 0.497 e. The maximum atomic E-state index is 14.8. The van der Waals surface area contributed by atoms with Gasteiger partial charge in [-0.2, -0.15) is 0 Å². The number of benzene rings is 2. The summed E-state index contributed by atoms with van der Waals surface area (Å²) in [5.74, 6) is 0.600. The van der Waals surface area contributed by atoms with Crippen molar-refractivity contribution < 1.29 is 24.2 Å². The lowest BCUT2D eigenvalue weighted by Gasteiger charge is -2.37. The molecule has 2 amide bonds. The molecule has 8 heteroatoms. The van der Waals surface area contributed by atoms with Gasteiger partial charge in [-0.05, 0) is 70.2 Å². The molecule has 2 saturated heterocycles. The third-order valence-corrected chi connectivity index (χ3v) is 15.1. The summed E-state index contributed by atoms with van der Waals surface area (Å²) in [7, 11) is -0.687. The number of methoxy groups -OCH3 is 1. The summed E-state index contributed by atoms with van der Waals surface area (Å²) in [4.78, 5) is 32.4. The molecule has 0 aliphatic carbocycles. The quantitative estimate of drug-likeness (QED) is 0.229. The molecule has 7 nitrogen and oxygen atoms in total. The molecule has 0 radical (unpaired) electrons. The highest BCUT2D eigenvalue weighted by Crippen LogP contribution is 2.60. The fourth-order valence-corrected chi connectivity index (χ4v) is 12.2. The number of aliphatic hydroxyl groups excluding tert-OH is 1. The van der Waals surface area contributed by atoms with Gasteiger partial charge in [0, 0.05) is 24.6 Å². The smallest absolute Gasteiger partial charge is 0.264 e. The van der Waals surface area contributed by atoms with Gasteiger partial charge in [0.2, 0.25) is 5.91 Å². The van der Waals surface area contributed by atoms with Crippen molar-refractivity contribution in [1.82, 2.24) is 4.90 Å². The zero-order valence-corrected chi connectivity index (χ0v) is 29.7. The van der Waals surface area contributed by atoms with Gasteiger partial charge in [-0.1, -0.05) is 78.8 Å². The molecule has 2 aromatic carbocycles. The van der Waals surface area contributed by atoms with E-state index in [-0.39, 0.29) is 42.3 Å². The van der Waals surface area contributed by atoms with E-state index in [0.717, 1.165) is 42.7 Å². The minimum Gasteiger partial charge on any atom is -0.497 e. The van der Waals surface area contributed by atoms with E-state index in [9.17, 15) is 14.7 Å². The van der Waals surface area contributed by atoms with Crippen molar-refractivity contribution in [3.8, 4) is 5.75 Å². The van der Waals surface area contributed by atoms with Crippen molar-refractivity contribution in [2.24, 2.45) is 5.92 Å². The van der Waals surface area contributed by atoms with Crippen LogP contribution < -0.4 is 14.8 Å². The minimum atomic E-state index is -2.36. The van der Waals surface area contributed by atoms with E-state index in [1.807, 2.05) is 46.2 Å². The number of fused-ring (bicyclic) bond motifs is 2. The second kappa shape index (κ2) is 13.9. The highest BCUT2D eigenvalue weighted by Gasteiger charge is 2.66. The van der Waals surface area contributed by atoms with Crippen molar-refractivity contribution in [1.29, 1.82) is 0 Å². The number of amides is 2. The Bertz CT molecular complexity index is 1480. The van der Waals surface area contributed by atoms with Crippen molar-refractivity contribution in [2.45, 2.75) is 96.2 Å². The van der Waals surface area contributed by atoms with Crippen LogP contribution in [-0.2, 0) is 19.9 Å². The number of likely N-dealkylation sites (tertiary alicyclic amines) is 1. The standard InChI is InChI=1S/C38H52N2O5Si/c1-26(2)12-10-13-27(3)21-23-40-33-16-9-8-15-32(33)38(37(40)43)28(4)36(46(6,7)31-19-17-30(44-5)18-20-31)34(45-38)24-35(42)39-22-11-14-29(39)25-41/h8-9,12,15-21,28-29,34,36,41H,10-11,13-14,22-25H2,1-7H3/b27-21+/t28-,29-,34+,36-,38+/m0/s1. The van der Waals surface area contributed by atoms with Crippen LogP contribution in [0.5, 0.6) is 5.75 Å². The molecule has 3 aliphatic rings. The number of allylic oxidation sites excluding steroid dienone is 3. The lowest BCUT2D eigenvalue weighted by atomic mass is 9.82. The predicted octanol–water partition coefficient (Wildman–Crippen LogP) is 6.32. The van der Waals surface area contributed by atoms with E-state index in [0.29, 0.717) is 13.1 Å². The van der Waals surface area contributed by atoms with E-state index in [1.165, 1.54) is 16.3 Å². The number of rotatable bonds is 11. The number of nitrogens with zero attached hydrogens (tertiary/aromatic N) is 2. The first-order chi connectivity index (χ1) is 21.9. The Kier molecular flexibility index (Phi) is 10.3. The van der Waals surface area contributed by atoms with Crippen molar-refractivity contribution in [3.05, 3.63) is 77.4 Å². The van der Waals surface area contributed by atoms with Crippen LogP contribution in [0, 0.1) is 5.92 Å². The number of hydrogen-bond acceptors (Lipinski definition) is 5. The third kappa shape index (κ3) is 6.24. The van der Waals surface area contributed by atoms with Crippen molar-refractivity contribution >= 4 is 30.8 Å². The Labute approximate surface area is 276 Å². The summed E-state index contributed by atoms with van der Waals surface area (Å²) in [6.45, 7) is 14.3. The summed E-state index contributed by atoms with van der Waals surface area (Å²) in [6, 6.07) is 16.2. The molecule has 1 N–H and O–H groups in total. The van der Waals surface area contributed by atoms with Crippen LogP contribution in [0.15, 0.2) is 71.8 Å². The number of ether oxygens (including phenoxy) is 2. The molecule has 0 bridgehead atoms. The minimum absolute atomic E-state index is 0.000779. The third-order valence-electron chi connectivity index (χ3n) is 10.7. The Morgan fingerprint density at radius 2 is 1.83 bits per heavy atom. The zero-order chi connectivity index (χ0) is 33.2. The second-order valence-electron chi connectivity index (χ2n) is 14.2. The van der Waals surface area contributed by atoms with Crippen LogP contribution in [0.25, 0.3) is 0 Å². The van der Waals surface area contributed by atoms with Gasteiger partial charge >= 0.3 is 0 Å². The predicted molar refractivity (Wildman–Crippen MR) is 187 cm³/mol. The zero-order valence-electron chi connectivity index (χ0n) is 28.7. The molecule has 5 atom stereocenters. The van der Waals surface area contributed by atoms with E-state index in [2.05, 4.69) is 65.1 Å². The summed E-state index contributed by atoms with van der Waals surface area (Å²) >= 11 is 0. The second-order valence-corrected chi connectivity index (χ2v) is 18.9. The summed E-state index contributed by atoms with van der Waals surface area (Å²) in [6.07, 6.45) is 7.80. The first kappa shape index (κ1) is 34.1. The van der Waals surface area contributed by atoms with Crippen LogP contribution in [0.4, 0.5) is 5.69 Å². The Balaban J connectivity index is 1.53. The van der Waals surface area contributed by atoms with E-state index >= 15 is 0 Å². The highest BCUT2D eigenvalue weighted by molar-refractivity contribution is 6.91. The van der Waals surface area contributed by atoms with Crippen LogP contribution in [0.3, 0.4) is 0 Å². The normalized spacial score (nSPS) is 26.2. The number of carbonyl (C=O) groups is 2. The Morgan fingerprint density at radius 3 is 2.50 bits per heavy atom. The lowest BCUT2D eigenvalue weighted by Crippen LogP contribution is -2.52. The summed E-state index contributed by atoms with van der Waals surface area (Å²) < 4.78 is 12.6. The molecule has 2 aromatic rings. The molecule has 46 heavy (non-hydrogen) atoms. The van der Waals surface area contributed by atoms with Crippen LogP contribution in [-0.4, -0.2) is 68.8 Å². The van der Waals surface area contributed by atoms with Gasteiger partial charge in [0.25, 0.3) is 5.91 Å². The topological polar surface area (TPSA) is 79.3 Å². The molecule has 5 rings (SSSR count). The highest BCUT2D eigenvalue weighted by atomic mass is 28.3. The molecular formula is C38H52N2O5Si. The molecular weight excluding hydrogens is 593 g/mol. The first-order valence-corrected chi connectivity index (χ1v) is 20.0. The molecule has 0 saturated carbocycles. The van der Waals surface area contributed by atoms with Gasteiger partial charge in [-0.25, -0.2) is 0 Å². The number of hydrogen-bond donors (Lipinski definition) is 1. The molecule has 3 aliphatic heterocycles. The number of aliphatic hydroxyl groups is 1. The SMILES string of the molecule is COc1ccc([Si](C)(C)[C@@H]2[C@@H](CC(=O)N3CCC[C@H]3CO)O[C@]3(C(=O)N(C/C=C(\C)CCC=C(C)C)c4ccccc43)[C@H]2C)cc1.